The molecule has 0 N–H and O–H groups in total. The van der Waals surface area contributed by atoms with Gasteiger partial charge in [-0.1, -0.05) is 11.6 Å². The van der Waals surface area contributed by atoms with Crippen LogP contribution in [0.4, 0.5) is 13.2 Å². The minimum atomic E-state index is -5.00. The molecule has 2 rings (SSSR count). The Kier molecular flexibility index (Phi) is 2.30. The summed E-state index contributed by atoms with van der Waals surface area (Å²) in [4.78, 5) is 14.5. The zero-order chi connectivity index (χ0) is 11.9. The highest BCUT2D eigenvalue weighted by atomic mass is 35.5. The molecule has 2 aromatic heterocycles. The smallest absolute Gasteiger partial charge is 0.280 e. The van der Waals surface area contributed by atoms with Crippen LogP contribution < -0.4 is 0 Å². The minimum absolute atomic E-state index is 0.100. The average Bonchev–Trinajstić information content (AvgIpc) is 2.60. The average molecular weight is 251 g/mol. The summed E-state index contributed by atoms with van der Waals surface area (Å²) in [6.45, 7) is 0. The lowest BCUT2D eigenvalue weighted by Crippen LogP contribution is -2.25. The monoisotopic (exact) mass is 250 g/mol. The third kappa shape index (κ3) is 1.60. The van der Waals surface area contributed by atoms with Crippen molar-refractivity contribution in [2.45, 2.75) is 6.18 Å². The van der Waals surface area contributed by atoms with Gasteiger partial charge in [-0.15, -0.1) is 10.2 Å². The Morgan fingerprint density at radius 1 is 1.38 bits per heavy atom. The van der Waals surface area contributed by atoms with Crippen molar-refractivity contribution in [1.82, 2.24) is 19.6 Å². The molecule has 84 valence electrons. The van der Waals surface area contributed by atoms with E-state index in [1.54, 1.807) is 0 Å². The fraction of sp³-hybridized carbons (Fsp3) is 0.143. The van der Waals surface area contributed by atoms with Crippen molar-refractivity contribution in [2.75, 3.05) is 0 Å². The quantitative estimate of drug-likeness (QED) is 0.720. The number of carbonyl (C=O) groups is 1. The molecule has 0 fully saturated rings. The summed E-state index contributed by atoms with van der Waals surface area (Å²) in [6.07, 6.45) is -2.73. The maximum atomic E-state index is 12.2. The molecule has 0 saturated carbocycles. The summed E-state index contributed by atoms with van der Waals surface area (Å²) in [7, 11) is 0. The number of halogens is 4. The van der Waals surface area contributed by atoms with Crippen LogP contribution in [0.2, 0.25) is 5.15 Å². The van der Waals surface area contributed by atoms with Crippen LogP contribution >= 0.6 is 11.6 Å². The number of ketones is 1. The number of carbonyl (C=O) groups excluding carboxylic acids is 1. The summed E-state index contributed by atoms with van der Waals surface area (Å²) in [6, 6.07) is 0. The second-order valence-corrected chi connectivity index (χ2v) is 3.12. The third-order valence-electron chi connectivity index (χ3n) is 1.74. The molecule has 0 aliphatic carbocycles. The first-order chi connectivity index (χ1) is 7.41. The van der Waals surface area contributed by atoms with Crippen molar-refractivity contribution in [3.63, 3.8) is 0 Å². The van der Waals surface area contributed by atoms with Gasteiger partial charge in [0.15, 0.2) is 10.8 Å². The number of fused-ring (bicyclic) bond motifs is 1. The maximum absolute atomic E-state index is 12.2. The molecular formula is C7H2ClF3N4O. The first kappa shape index (κ1) is 10.8. The number of alkyl halides is 3. The first-order valence-electron chi connectivity index (χ1n) is 3.88. The molecule has 0 spiro atoms. The Labute approximate surface area is 90.9 Å². The molecule has 0 aromatic carbocycles. The SMILES string of the molecule is O=C(c1nnc2c(Cl)nccn12)C(F)(F)F. The summed E-state index contributed by atoms with van der Waals surface area (Å²) < 4.78 is 37.3. The van der Waals surface area contributed by atoms with E-state index >= 15 is 0 Å². The molecule has 2 heterocycles. The highest BCUT2D eigenvalue weighted by Crippen LogP contribution is 2.21. The van der Waals surface area contributed by atoms with Crippen molar-refractivity contribution >= 4 is 23.0 Å². The lowest BCUT2D eigenvalue weighted by molar-refractivity contribution is -0.0892. The van der Waals surface area contributed by atoms with E-state index in [2.05, 4.69) is 15.2 Å². The molecule has 0 bridgehead atoms. The zero-order valence-electron chi connectivity index (χ0n) is 7.36. The fourth-order valence-electron chi connectivity index (χ4n) is 1.08. The standard InChI is InChI=1S/C7H2ClF3N4O/c8-4-6-14-13-5(3(16)7(9,10)11)15(6)2-1-12-4/h1-2H. The van der Waals surface area contributed by atoms with Gasteiger partial charge in [0.1, 0.15) is 0 Å². The van der Waals surface area contributed by atoms with Crippen LogP contribution in [0.3, 0.4) is 0 Å². The van der Waals surface area contributed by atoms with Crippen LogP contribution in [-0.4, -0.2) is 31.5 Å². The highest BCUT2D eigenvalue weighted by Gasteiger charge is 2.42. The highest BCUT2D eigenvalue weighted by molar-refractivity contribution is 6.32. The molecule has 2 aromatic rings. The van der Waals surface area contributed by atoms with E-state index in [0.29, 0.717) is 0 Å². The van der Waals surface area contributed by atoms with Crippen molar-refractivity contribution < 1.29 is 18.0 Å². The summed E-state index contributed by atoms with van der Waals surface area (Å²) in [5, 5.41) is 6.36. The molecule has 5 nitrogen and oxygen atoms in total. The number of hydrogen-bond donors (Lipinski definition) is 0. The molecule has 0 amide bonds. The van der Waals surface area contributed by atoms with Gasteiger partial charge in [0, 0.05) is 12.4 Å². The summed E-state index contributed by atoms with van der Waals surface area (Å²) in [5.41, 5.74) is -0.100. The number of nitrogens with zero attached hydrogens (tertiary/aromatic N) is 4. The lowest BCUT2D eigenvalue weighted by atomic mass is 10.3. The van der Waals surface area contributed by atoms with Gasteiger partial charge in [-0.25, -0.2) is 4.98 Å². The third-order valence-corrected chi connectivity index (χ3v) is 2.01. The topological polar surface area (TPSA) is 60.2 Å². The van der Waals surface area contributed by atoms with Crippen LogP contribution in [0.1, 0.15) is 10.6 Å². The van der Waals surface area contributed by atoms with E-state index in [1.165, 1.54) is 0 Å². The van der Waals surface area contributed by atoms with Crippen LogP contribution in [0.5, 0.6) is 0 Å². The van der Waals surface area contributed by atoms with Gasteiger partial charge in [0.2, 0.25) is 5.82 Å². The van der Waals surface area contributed by atoms with E-state index in [-0.39, 0.29) is 10.8 Å². The summed E-state index contributed by atoms with van der Waals surface area (Å²) in [5.74, 6) is -2.92. The first-order valence-corrected chi connectivity index (χ1v) is 4.26. The van der Waals surface area contributed by atoms with Crippen molar-refractivity contribution in [1.29, 1.82) is 0 Å². The number of aromatic nitrogens is 4. The van der Waals surface area contributed by atoms with E-state index in [9.17, 15) is 18.0 Å². The van der Waals surface area contributed by atoms with E-state index < -0.39 is 17.8 Å². The van der Waals surface area contributed by atoms with E-state index in [4.69, 9.17) is 11.6 Å². The van der Waals surface area contributed by atoms with Crippen molar-refractivity contribution in [2.24, 2.45) is 0 Å². The molecule has 0 unspecified atom stereocenters. The molecule has 16 heavy (non-hydrogen) atoms. The predicted molar refractivity (Wildman–Crippen MR) is 46.2 cm³/mol. The van der Waals surface area contributed by atoms with Crippen LogP contribution in [0, 0.1) is 0 Å². The van der Waals surface area contributed by atoms with Crippen LogP contribution in [0.15, 0.2) is 12.4 Å². The molecule has 0 radical (unpaired) electrons. The van der Waals surface area contributed by atoms with E-state index in [0.717, 1.165) is 16.8 Å². The Balaban J connectivity index is 2.64. The van der Waals surface area contributed by atoms with Gasteiger partial charge in [-0.05, 0) is 0 Å². The van der Waals surface area contributed by atoms with Gasteiger partial charge in [0.05, 0.1) is 0 Å². The Morgan fingerprint density at radius 2 is 2.06 bits per heavy atom. The maximum Gasteiger partial charge on any atom is 0.458 e. The second-order valence-electron chi connectivity index (χ2n) is 2.76. The normalized spacial score (nSPS) is 12.0. The van der Waals surface area contributed by atoms with Gasteiger partial charge >= 0.3 is 12.0 Å². The Morgan fingerprint density at radius 3 is 2.69 bits per heavy atom. The Bertz CT molecular complexity index is 564. The summed E-state index contributed by atoms with van der Waals surface area (Å²) >= 11 is 5.56. The predicted octanol–water partition coefficient (Wildman–Crippen LogP) is 1.52. The molecule has 0 saturated heterocycles. The molecule has 0 aliphatic rings. The largest absolute Gasteiger partial charge is 0.458 e. The van der Waals surface area contributed by atoms with Crippen molar-refractivity contribution in [3.8, 4) is 0 Å². The van der Waals surface area contributed by atoms with Gasteiger partial charge < -0.3 is 0 Å². The Hall–Kier alpha value is -1.70. The van der Waals surface area contributed by atoms with Crippen molar-refractivity contribution in [3.05, 3.63) is 23.4 Å². The zero-order valence-corrected chi connectivity index (χ0v) is 8.12. The fourth-order valence-corrected chi connectivity index (χ4v) is 1.26. The second kappa shape index (κ2) is 3.41. The molecule has 0 aliphatic heterocycles. The number of hydrogen-bond acceptors (Lipinski definition) is 4. The molecule has 9 heteroatoms. The number of Topliss-reactive ketones (excluding diaryl/α,β-unsaturated/α-hetero) is 1. The van der Waals surface area contributed by atoms with Gasteiger partial charge in [-0.2, -0.15) is 13.2 Å². The van der Waals surface area contributed by atoms with Gasteiger partial charge in [-0.3, -0.25) is 9.20 Å². The molecular weight excluding hydrogens is 249 g/mol. The minimum Gasteiger partial charge on any atom is -0.280 e. The van der Waals surface area contributed by atoms with E-state index in [1.807, 2.05) is 0 Å². The lowest BCUT2D eigenvalue weighted by Gasteiger charge is -2.02. The molecule has 0 atom stereocenters. The van der Waals surface area contributed by atoms with Crippen LogP contribution in [-0.2, 0) is 0 Å². The van der Waals surface area contributed by atoms with Crippen LogP contribution in [0.25, 0.3) is 5.65 Å². The number of rotatable bonds is 1. The van der Waals surface area contributed by atoms with Gasteiger partial charge in [0.25, 0.3) is 0 Å².